The third kappa shape index (κ3) is 1.26. The van der Waals surface area contributed by atoms with E-state index in [2.05, 4.69) is 12.0 Å². The van der Waals surface area contributed by atoms with Gasteiger partial charge >= 0.3 is 0 Å². The fourth-order valence-corrected chi connectivity index (χ4v) is 0.802. The topological polar surface area (TPSA) is 17.8 Å². The van der Waals surface area contributed by atoms with Crippen LogP contribution in [0.15, 0.2) is 12.3 Å². The molecular weight excluding hydrogens is 124 g/mol. The van der Waals surface area contributed by atoms with Crippen LogP contribution < -0.4 is 0 Å². The molecule has 0 aromatic carbocycles. The molecule has 0 unspecified atom stereocenters. The second-order valence-corrected chi connectivity index (χ2v) is 2.36. The second-order valence-electron chi connectivity index (χ2n) is 2.36. The average Bonchev–Trinajstić information content (AvgIpc) is 2.14. The van der Waals surface area contributed by atoms with Crippen LogP contribution in [0.25, 0.3) is 6.20 Å². The summed E-state index contributed by atoms with van der Waals surface area (Å²) in [6.07, 6.45) is 5.90. The number of hydrogen-bond donors (Lipinski definition) is 0. The Bertz CT molecular complexity index is 226. The van der Waals surface area contributed by atoms with Gasteiger partial charge in [-0.15, -0.1) is 0 Å². The van der Waals surface area contributed by atoms with Gasteiger partial charge in [0.2, 0.25) is 0 Å². The fraction of sp³-hybridized carbons (Fsp3) is 0.375. The average molecular weight is 136 g/mol. The first-order valence-electron chi connectivity index (χ1n) is 3.39. The molecule has 1 aromatic rings. The molecule has 0 aliphatic heterocycles. The molecule has 1 rings (SSSR count). The Balaban J connectivity index is 2.98. The molecule has 2 heteroatoms. The first-order chi connectivity index (χ1) is 4.74. The van der Waals surface area contributed by atoms with Gasteiger partial charge in [-0.1, -0.05) is 6.08 Å². The predicted molar refractivity (Wildman–Crippen MR) is 42.7 cm³/mol. The zero-order chi connectivity index (χ0) is 7.56. The highest BCUT2D eigenvalue weighted by atomic mass is 15.3. The van der Waals surface area contributed by atoms with E-state index in [4.69, 9.17) is 0 Å². The summed E-state index contributed by atoms with van der Waals surface area (Å²) in [5, 5.41) is 4.23. The van der Waals surface area contributed by atoms with Crippen LogP contribution in [0.2, 0.25) is 0 Å². The minimum atomic E-state index is 1.10. The largest absolute Gasteiger partial charge is 0.248 e. The molecule has 0 aliphatic rings. The van der Waals surface area contributed by atoms with Crippen LogP contribution in [0, 0.1) is 13.8 Å². The molecule has 0 N–H and O–H groups in total. The minimum absolute atomic E-state index is 1.10. The van der Waals surface area contributed by atoms with Crippen molar-refractivity contribution in [3.63, 3.8) is 0 Å². The fourth-order valence-electron chi connectivity index (χ4n) is 0.802. The molecule has 0 amide bonds. The smallest absolute Gasteiger partial charge is 0.0627 e. The van der Waals surface area contributed by atoms with Crippen molar-refractivity contribution in [3.8, 4) is 0 Å². The molecule has 0 fully saturated rings. The Morgan fingerprint density at radius 2 is 2.20 bits per heavy atom. The van der Waals surface area contributed by atoms with E-state index < -0.39 is 0 Å². The number of rotatable bonds is 1. The maximum Gasteiger partial charge on any atom is 0.0627 e. The van der Waals surface area contributed by atoms with Crippen molar-refractivity contribution in [2.24, 2.45) is 0 Å². The molecule has 0 atom stereocenters. The summed E-state index contributed by atoms with van der Waals surface area (Å²) < 4.78 is 1.82. The van der Waals surface area contributed by atoms with Crippen LogP contribution in [0.5, 0.6) is 0 Å². The number of hydrogen-bond acceptors (Lipinski definition) is 1. The Labute approximate surface area is 61.2 Å². The molecule has 0 bridgehead atoms. The van der Waals surface area contributed by atoms with E-state index in [1.807, 2.05) is 37.0 Å². The van der Waals surface area contributed by atoms with E-state index in [0.29, 0.717) is 0 Å². The van der Waals surface area contributed by atoms with Crippen molar-refractivity contribution in [2.75, 3.05) is 0 Å². The Kier molecular flexibility index (Phi) is 1.90. The quantitative estimate of drug-likeness (QED) is 0.577. The summed E-state index contributed by atoms with van der Waals surface area (Å²) in [6.45, 7) is 6.05. The van der Waals surface area contributed by atoms with E-state index in [1.54, 1.807) is 0 Å². The molecule has 1 aromatic heterocycles. The normalized spacial score (nSPS) is 11.1. The molecule has 0 saturated carbocycles. The van der Waals surface area contributed by atoms with Crippen LogP contribution in [0.4, 0.5) is 0 Å². The third-order valence-corrected chi connectivity index (χ3v) is 1.46. The lowest BCUT2D eigenvalue weighted by atomic mass is 10.3. The van der Waals surface area contributed by atoms with Crippen molar-refractivity contribution in [2.45, 2.75) is 20.8 Å². The number of aryl methyl sites for hydroxylation is 2. The van der Waals surface area contributed by atoms with Crippen molar-refractivity contribution in [1.82, 2.24) is 9.78 Å². The van der Waals surface area contributed by atoms with E-state index in [0.717, 1.165) is 5.69 Å². The lowest BCUT2D eigenvalue weighted by Crippen LogP contribution is -1.84. The summed E-state index contributed by atoms with van der Waals surface area (Å²) in [5.74, 6) is 0. The predicted octanol–water partition coefficient (Wildman–Crippen LogP) is 1.99. The monoisotopic (exact) mass is 136 g/mol. The van der Waals surface area contributed by atoms with Gasteiger partial charge in [0, 0.05) is 12.4 Å². The van der Waals surface area contributed by atoms with E-state index in [9.17, 15) is 0 Å². The molecule has 0 aliphatic carbocycles. The lowest BCUT2D eigenvalue weighted by molar-refractivity contribution is 0.911. The van der Waals surface area contributed by atoms with Gasteiger partial charge in [-0.3, -0.25) is 0 Å². The van der Waals surface area contributed by atoms with E-state index in [-0.39, 0.29) is 0 Å². The Morgan fingerprint density at radius 3 is 2.60 bits per heavy atom. The summed E-state index contributed by atoms with van der Waals surface area (Å²) in [6, 6.07) is 0. The van der Waals surface area contributed by atoms with Crippen LogP contribution in [-0.2, 0) is 0 Å². The molecular formula is C8H12N2. The highest BCUT2D eigenvalue weighted by Gasteiger charge is 1.94. The highest BCUT2D eigenvalue weighted by molar-refractivity contribution is 5.24. The van der Waals surface area contributed by atoms with Crippen molar-refractivity contribution in [3.05, 3.63) is 23.5 Å². The Hall–Kier alpha value is -1.05. The molecule has 0 saturated heterocycles. The molecule has 10 heavy (non-hydrogen) atoms. The van der Waals surface area contributed by atoms with Gasteiger partial charge in [0.05, 0.1) is 5.69 Å². The summed E-state index contributed by atoms with van der Waals surface area (Å²) in [5.41, 5.74) is 2.33. The molecule has 0 spiro atoms. The van der Waals surface area contributed by atoms with Crippen LogP contribution in [0.1, 0.15) is 18.2 Å². The van der Waals surface area contributed by atoms with E-state index >= 15 is 0 Å². The summed E-state index contributed by atoms with van der Waals surface area (Å²) >= 11 is 0. The van der Waals surface area contributed by atoms with Gasteiger partial charge in [0.25, 0.3) is 0 Å². The maximum absolute atomic E-state index is 4.23. The van der Waals surface area contributed by atoms with Crippen molar-refractivity contribution < 1.29 is 0 Å². The minimum Gasteiger partial charge on any atom is -0.248 e. The van der Waals surface area contributed by atoms with Gasteiger partial charge in [0.1, 0.15) is 0 Å². The molecule has 1 heterocycles. The Morgan fingerprint density at radius 1 is 1.50 bits per heavy atom. The third-order valence-electron chi connectivity index (χ3n) is 1.46. The number of nitrogens with zero attached hydrogens (tertiary/aromatic N) is 2. The first kappa shape index (κ1) is 7.06. The molecule has 54 valence electrons. The van der Waals surface area contributed by atoms with Crippen LogP contribution in [0.3, 0.4) is 0 Å². The lowest BCUT2D eigenvalue weighted by Gasteiger charge is -1.85. The van der Waals surface area contributed by atoms with Gasteiger partial charge < -0.3 is 0 Å². The van der Waals surface area contributed by atoms with Crippen molar-refractivity contribution in [1.29, 1.82) is 0 Å². The van der Waals surface area contributed by atoms with Gasteiger partial charge in [0.15, 0.2) is 0 Å². The zero-order valence-corrected chi connectivity index (χ0v) is 6.63. The SMILES string of the molecule is CC=Cn1cc(C)c(C)n1. The number of aromatic nitrogens is 2. The van der Waals surface area contributed by atoms with Gasteiger partial charge in [-0.05, 0) is 26.3 Å². The maximum atomic E-state index is 4.23. The van der Waals surface area contributed by atoms with Crippen LogP contribution >= 0.6 is 0 Å². The first-order valence-corrected chi connectivity index (χ1v) is 3.39. The van der Waals surface area contributed by atoms with E-state index in [1.165, 1.54) is 5.56 Å². The zero-order valence-electron chi connectivity index (χ0n) is 6.63. The van der Waals surface area contributed by atoms with Crippen molar-refractivity contribution >= 4 is 6.20 Å². The van der Waals surface area contributed by atoms with Gasteiger partial charge in [-0.25, -0.2) is 4.68 Å². The highest BCUT2D eigenvalue weighted by Crippen LogP contribution is 2.02. The summed E-state index contributed by atoms with van der Waals surface area (Å²) in [7, 11) is 0. The summed E-state index contributed by atoms with van der Waals surface area (Å²) in [4.78, 5) is 0. The molecule has 0 radical (unpaired) electrons. The van der Waals surface area contributed by atoms with Crippen LogP contribution in [-0.4, -0.2) is 9.78 Å². The number of allylic oxidation sites excluding steroid dienone is 1. The second kappa shape index (κ2) is 2.69. The molecule has 2 nitrogen and oxygen atoms in total. The van der Waals surface area contributed by atoms with Gasteiger partial charge in [-0.2, -0.15) is 5.10 Å². The standard InChI is InChI=1S/C8H12N2/c1-4-5-10-6-7(2)8(3)9-10/h4-6H,1-3H3.